The number of benzene rings is 1. The zero-order valence-corrected chi connectivity index (χ0v) is 12.3. The first-order valence-electron chi connectivity index (χ1n) is 6.65. The summed E-state index contributed by atoms with van der Waals surface area (Å²) < 4.78 is 0. The number of nitrogens with zero attached hydrogens (tertiary/aromatic N) is 1. The average Bonchev–Trinajstić information content (AvgIpc) is 2.88. The molecule has 0 aliphatic heterocycles. The molecule has 98 valence electrons. The molecule has 0 bridgehead atoms. The van der Waals surface area contributed by atoms with E-state index < -0.39 is 0 Å². The van der Waals surface area contributed by atoms with Gasteiger partial charge >= 0.3 is 0 Å². The maximum atomic E-state index is 6.19. The van der Waals surface area contributed by atoms with Crippen molar-refractivity contribution in [1.82, 2.24) is 4.98 Å². The molecule has 0 fully saturated rings. The van der Waals surface area contributed by atoms with E-state index in [9.17, 15) is 0 Å². The molecule has 0 radical (unpaired) electrons. The van der Waals surface area contributed by atoms with E-state index in [1.54, 1.807) is 11.3 Å². The molecule has 1 atom stereocenters. The third kappa shape index (κ3) is 3.26. The summed E-state index contributed by atoms with van der Waals surface area (Å²) >= 11 is 7.93. The predicted molar refractivity (Wildman–Crippen MR) is 82.8 cm³/mol. The van der Waals surface area contributed by atoms with E-state index in [2.05, 4.69) is 35.7 Å². The molecular formula is C16H16ClNS. The summed E-state index contributed by atoms with van der Waals surface area (Å²) in [4.78, 5) is 4.73. The first kappa shape index (κ1) is 12.9. The molecule has 1 aliphatic rings. The van der Waals surface area contributed by atoms with Crippen LogP contribution in [0.2, 0.25) is 0 Å². The van der Waals surface area contributed by atoms with Crippen molar-refractivity contribution < 1.29 is 0 Å². The monoisotopic (exact) mass is 289 g/mol. The molecule has 3 rings (SSSR count). The smallest absolute Gasteiger partial charge is 0.0973 e. The topological polar surface area (TPSA) is 12.9 Å². The summed E-state index contributed by atoms with van der Waals surface area (Å²) in [5, 5.41) is 3.56. The third-order valence-corrected chi connectivity index (χ3v) is 4.59. The van der Waals surface area contributed by atoms with E-state index in [0.717, 1.165) is 18.5 Å². The van der Waals surface area contributed by atoms with Crippen LogP contribution in [-0.4, -0.2) is 10.4 Å². The molecule has 2 aromatic rings. The number of rotatable bonds is 3. The van der Waals surface area contributed by atoms with Crippen molar-refractivity contribution in [2.45, 2.75) is 31.1 Å². The van der Waals surface area contributed by atoms with Crippen LogP contribution in [0.5, 0.6) is 0 Å². The fraction of sp³-hybridized carbons (Fsp3) is 0.312. The molecule has 0 saturated heterocycles. The summed E-state index contributed by atoms with van der Waals surface area (Å²) in [6.45, 7) is 0. The Kier molecular flexibility index (Phi) is 4.00. The largest absolute Gasteiger partial charge is 0.241 e. The molecular weight excluding hydrogens is 274 g/mol. The second kappa shape index (κ2) is 5.89. The van der Waals surface area contributed by atoms with Crippen LogP contribution in [-0.2, 0) is 6.42 Å². The number of allylic oxidation sites excluding steroid dienone is 2. The van der Waals surface area contributed by atoms with Gasteiger partial charge in [-0.2, -0.15) is 0 Å². The Morgan fingerprint density at radius 3 is 2.89 bits per heavy atom. The average molecular weight is 290 g/mol. The molecule has 0 amide bonds. The maximum Gasteiger partial charge on any atom is 0.0973 e. The highest BCUT2D eigenvalue weighted by Crippen LogP contribution is 2.27. The molecule has 1 aromatic carbocycles. The molecule has 1 aliphatic carbocycles. The number of alkyl halides is 1. The van der Waals surface area contributed by atoms with Gasteiger partial charge in [0.1, 0.15) is 0 Å². The fourth-order valence-corrected chi connectivity index (χ4v) is 3.61. The first-order valence-corrected chi connectivity index (χ1v) is 7.96. The van der Waals surface area contributed by atoms with E-state index in [-0.39, 0.29) is 5.38 Å². The number of hydrogen-bond acceptors (Lipinski definition) is 2. The second-order valence-electron chi connectivity index (χ2n) is 4.90. The van der Waals surface area contributed by atoms with Crippen LogP contribution in [0.1, 0.15) is 24.3 Å². The van der Waals surface area contributed by atoms with Gasteiger partial charge in [0.15, 0.2) is 0 Å². The van der Waals surface area contributed by atoms with E-state index in [0.29, 0.717) is 0 Å². The van der Waals surface area contributed by atoms with Crippen LogP contribution in [0, 0.1) is 0 Å². The summed E-state index contributed by atoms with van der Waals surface area (Å²) in [7, 11) is 0. The molecule has 0 N–H and O–H groups in total. The lowest BCUT2D eigenvalue weighted by atomic mass is 9.97. The van der Waals surface area contributed by atoms with Crippen molar-refractivity contribution in [2.24, 2.45) is 0 Å². The Balaban J connectivity index is 1.75. The van der Waals surface area contributed by atoms with Gasteiger partial charge in [-0.1, -0.05) is 42.0 Å². The Morgan fingerprint density at radius 1 is 1.26 bits per heavy atom. The normalized spacial score (nSPS) is 19.2. The maximum absolute atomic E-state index is 6.19. The molecule has 1 aromatic heterocycles. The van der Waals surface area contributed by atoms with Crippen molar-refractivity contribution >= 4 is 22.9 Å². The second-order valence-corrected chi connectivity index (χ2v) is 6.41. The van der Waals surface area contributed by atoms with Crippen LogP contribution < -0.4 is 0 Å². The van der Waals surface area contributed by atoms with Crippen molar-refractivity contribution in [3.05, 3.63) is 52.4 Å². The van der Waals surface area contributed by atoms with Gasteiger partial charge in [-0.3, -0.25) is 0 Å². The Hall–Kier alpha value is -1.12. The Morgan fingerprint density at radius 2 is 2.11 bits per heavy atom. The van der Waals surface area contributed by atoms with Gasteiger partial charge in [0.05, 0.1) is 16.1 Å². The predicted octanol–water partition coefficient (Wildman–Crippen LogP) is 5.07. The summed E-state index contributed by atoms with van der Waals surface area (Å²) in [5.41, 5.74) is 3.72. The minimum absolute atomic E-state index is 0.220. The highest BCUT2D eigenvalue weighted by atomic mass is 35.5. The Labute approximate surface area is 123 Å². The van der Waals surface area contributed by atoms with Crippen LogP contribution >= 0.6 is 22.9 Å². The fourth-order valence-electron chi connectivity index (χ4n) is 2.42. The molecule has 0 saturated carbocycles. The van der Waals surface area contributed by atoms with Crippen molar-refractivity contribution in [1.29, 1.82) is 0 Å². The SMILES string of the molecule is ClC1C=C(Cc2nc(-c3ccccc3)cs2)CCC1. The molecule has 1 unspecified atom stereocenters. The van der Waals surface area contributed by atoms with Gasteiger partial charge in [0.2, 0.25) is 0 Å². The van der Waals surface area contributed by atoms with Crippen LogP contribution in [0.4, 0.5) is 0 Å². The van der Waals surface area contributed by atoms with Gasteiger partial charge in [0, 0.05) is 17.4 Å². The summed E-state index contributed by atoms with van der Waals surface area (Å²) in [6.07, 6.45) is 6.66. The molecule has 0 spiro atoms. The Bertz CT molecular complexity index is 573. The van der Waals surface area contributed by atoms with E-state index in [1.165, 1.54) is 29.0 Å². The minimum atomic E-state index is 0.220. The van der Waals surface area contributed by atoms with Crippen molar-refractivity contribution in [3.8, 4) is 11.3 Å². The number of aromatic nitrogens is 1. The van der Waals surface area contributed by atoms with Gasteiger partial charge in [-0.15, -0.1) is 22.9 Å². The van der Waals surface area contributed by atoms with Gasteiger partial charge < -0.3 is 0 Å². The summed E-state index contributed by atoms with van der Waals surface area (Å²) in [6, 6.07) is 10.3. The van der Waals surface area contributed by atoms with Gasteiger partial charge in [-0.05, 0) is 19.3 Å². The highest BCUT2D eigenvalue weighted by Gasteiger charge is 2.13. The van der Waals surface area contributed by atoms with E-state index >= 15 is 0 Å². The summed E-state index contributed by atoms with van der Waals surface area (Å²) in [5.74, 6) is 0. The number of thiazole rings is 1. The van der Waals surface area contributed by atoms with Gasteiger partial charge in [-0.25, -0.2) is 4.98 Å². The molecule has 1 heterocycles. The lowest BCUT2D eigenvalue weighted by Crippen LogP contribution is -2.05. The molecule has 19 heavy (non-hydrogen) atoms. The molecule has 3 heteroatoms. The zero-order valence-electron chi connectivity index (χ0n) is 10.7. The third-order valence-electron chi connectivity index (χ3n) is 3.39. The standard InChI is InChI=1S/C16H16ClNS/c17-14-8-4-5-12(9-14)10-16-18-15(11-19-16)13-6-2-1-3-7-13/h1-3,6-7,9,11,14H,4-5,8,10H2. The molecule has 1 nitrogen and oxygen atoms in total. The van der Waals surface area contributed by atoms with Gasteiger partial charge in [0.25, 0.3) is 0 Å². The quantitative estimate of drug-likeness (QED) is 0.568. The van der Waals surface area contributed by atoms with Crippen molar-refractivity contribution in [2.75, 3.05) is 0 Å². The van der Waals surface area contributed by atoms with Crippen molar-refractivity contribution in [3.63, 3.8) is 0 Å². The van der Waals surface area contributed by atoms with Crippen LogP contribution in [0.3, 0.4) is 0 Å². The van der Waals surface area contributed by atoms with E-state index in [1.807, 2.05) is 6.07 Å². The lowest BCUT2D eigenvalue weighted by Gasteiger charge is -2.15. The minimum Gasteiger partial charge on any atom is -0.241 e. The zero-order chi connectivity index (χ0) is 13.1. The highest BCUT2D eigenvalue weighted by molar-refractivity contribution is 7.10. The van der Waals surface area contributed by atoms with Crippen LogP contribution in [0.25, 0.3) is 11.3 Å². The van der Waals surface area contributed by atoms with Crippen LogP contribution in [0.15, 0.2) is 47.4 Å². The number of halogens is 1. The number of hydrogen-bond donors (Lipinski definition) is 0. The first-order chi connectivity index (χ1) is 9.31. The van der Waals surface area contributed by atoms with E-state index in [4.69, 9.17) is 16.6 Å². The lowest BCUT2D eigenvalue weighted by molar-refractivity contribution is 0.693.